The largest absolute Gasteiger partial charge is 0.502 e. The molecule has 0 radical (unpaired) electrons. The van der Waals surface area contributed by atoms with Crippen molar-refractivity contribution >= 4 is 11.0 Å². The first kappa shape index (κ1) is 11.5. The van der Waals surface area contributed by atoms with E-state index in [1.165, 1.54) is 24.3 Å². The van der Waals surface area contributed by atoms with Crippen molar-refractivity contribution in [2.45, 2.75) is 0 Å². The molecule has 4 heteroatoms. The zero-order chi connectivity index (χ0) is 13.4. The number of aromatic hydroxyl groups is 1. The minimum atomic E-state index is -0.499. The average Bonchev–Trinajstić information content (AvgIpc) is 2.44. The Balaban J connectivity index is 2.33. The van der Waals surface area contributed by atoms with Gasteiger partial charge in [-0.2, -0.15) is 0 Å². The lowest BCUT2D eigenvalue weighted by atomic mass is 10.1. The van der Waals surface area contributed by atoms with Crippen molar-refractivity contribution in [2.24, 2.45) is 0 Å². The van der Waals surface area contributed by atoms with E-state index in [9.17, 15) is 14.3 Å². The smallest absolute Gasteiger partial charge is 0.235 e. The zero-order valence-electron chi connectivity index (χ0n) is 9.76. The normalized spacial score (nSPS) is 10.8. The van der Waals surface area contributed by atoms with Crippen molar-refractivity contribution in [3.05, 3.63) is 64.6 Å². The topological polar surface area (TPSA) is 50.4 Å². The molecule has 94 valence electrons. The third kappa shape index (κ3) is 1.87. The second-order valence-corrected chi connectivity index (χ2v) is 4.11. The van der Waals surface area contributed by atoms with E-state index in [1.54, 1.807) is 24.3 Å². The summed E-state index contributed by atoms with van der Waals surface area (Å²) >= 11 is 0. The summed E-state index contributed by atoms with van der Waals surface area (Å²) in [4.78, 5) is 12.0. The van der Waals surface area contributed by atoms with Crippen molar-refractivity contribution in [1.29, 1.82) is 0 Å². The number of para-hydroxylation sites is 1. The summed E-state index contributed by atoms with van der Waals surface area (Å²) in [5.41, 5.74) is 0.326. The van der Waals surface area contributed by atoms with Crippen LogP contribution in [0.1, 0.15) is 0 Å². The van der Waals surface area contributed by atoms with Crippen molar-refractivity contribution < 1.29 is 13.9 Å². The van der Waals surface area contributed by atoms with E-state index < -0.39 is 17.0 Å². The van der Waals surface area contributed by atoms with Gasteiger partial charge in [-0.25, -0.2) is 4.39 Å². The highest BCUT2D eigenvalue weighted by Gasteiger charge is 2.14. The van der Waals surface area contributed by atoms with Gasteiger partial charge in [0.05, 0.1) is 5.39 Å². The summed E-state index contributed by atoms with van der Waals surface area (Å²) in [5.74, 6) is -0.819. The molecule has 0 unspecified atom stereocenters. The fourth-order valence-corrected chi connectivity index (χ4v) is 1.93. The van der Waals surface area contributed by atoms with Gasteiger partial charge in [0.25, 0.3) is 0 Å². The highest BCUT2D eigenvalue weighted by molar-refractivity contribution is 5.81. The summed E-state index contributed by atoms with van der Waals surface area (Å²) in [6.45, 7) is 0. The molecular weight excluding hydrogens is 247 g/mol. The first-order valence-corrected chi connectivity index (χ1v) is 5.67. The van der Waals surface area contributed by atoms with Crippen LogP contribution in [-0.4, -0.2) is 5.11 Å². The molecule has 1 N–H and O–H groups in total. The predicted molar refractivity (Wildman–Crippen MR) is 69.5 cm³/mol. The Morgan fingerprint density at radius 2 is 1.68 bits per heavy atom. The lowest BCUT2D eigenvalue weighted by Crippen LogP contribution is -2.02. The van der Waals surface area contributed by atoms with Crippen LogP contribution < -0.4 is 5.43 Å². The van der Waals surface area contributed by atoms with E-state index in [2.05, 4.69) is 0 Å². The molecule has 0 aliphatic rings. The fraction of sp³-hybridized carbons (Fsp3) is 0. The molecule has 0 aliphatic carbocycles. The van der Waals surface area contributed by atoms with Gasteiger partial charge in [0, 0.05) is 5.56 Å². The maximum Gasteiger partial charge on any atom is 0.235 e. The Kier molecular flexibility index (Phi) is 2.56. The van der Waals surface area contributed by atoms with E-state index in [0.717, 1.165) is 0 Å². The SMILES string of the molecule is O=c1c(O)c(-c2ccc(F)cc2)oc2ccccc12. The van der Waals surface area contributed by atoms with E-state index in [0.29, 0.717) is 16.5 Å². The minimum absolute atomic E-state index is 0.0451. The molecule has 0 saturated heterocycles. The molecule has 0 bridgehead atoms. The molecule has 0 spiro atoms. The van der Waals surface area contributed by atoms with Crippen LogP contribution >= 0.6 is 0 Å². The quantitative estimate of drug-likeness (QED) is 0.726. The minimum Gasteiger partial charge on any atom is -0.502 e. The fourth-order valence-electron chi connectivity index (χ4n) is 1.93. The maximum atomic E-state index is 12.9. The van der Waals surface area contributed by atoms with Crippen molar-refractivity contribution in [1.82, 2.24) is 0 Å². The Hall–Kier alpha value is -2.62. The second-order valence-electron chi connectivity index (χ2n) is 4.11. The first-order chi connectivity index (χ1) is 9.16. The van der Waals surface area contributed by atoms with Crippen molar-refractivity contribution in [3.8, 4) is 17.1 Å². The molecule has 3 aromatic rings. The van der Waals surface area contributed by atoms with Gasteiger partial charge in [-0.15, -0.1) is 0 Å². The Labute approximate surface area is 107 Å². The van der Waals surface area contributed by atoms with Crippen LogP contribution in [0, 0.1) is 5.82 Å². The van der Waals surface area contributed by atoms with Crippen LogP contribution in [0.25, 0.3) is 22.3 Å². The van der Waals surface area contributed by atoms with Gasteiger partial charge >= 0.3 is 0 Å². The number of hydrogen-bond donors (Lipinski definition) is 1. The molecule has 3 nitrogen and oxygen atoms in total. The summed E-state index contributed by atoms with van der Waals surface area (Å²) in [7, 11) is 0. The molecule has 19 heavy (non-hydrogen) atoms. The Morgan fingerprint density at radius 3 is 2.42 bits per heavy atom. The van der Waals surface area contributed by atoms with Gasteiger partial charge in [0.2, 0.25) is 11.2 Å². The van der Waals surface area contributed by atoms with Gasteiger partial charge < -0.3 is 9.52 Å². The van der Waals surface area contributed by atoms with Gasteiger partial charge in [0.1, 0.15) is 11.4 Å². The lowest BCUT2D eigenvalue weighted by Gasteiger charge is -2.05. The van der Waals surface area contributed by atoms with Crippen LogP contribution in [0.3, 0.4) is 0 Å². The standard InChI is InChI=1S/C15H9FO3/c16-10-7-5-9(6-8-10)15-14(18)13(17)11-3-1-2-4-12(11)19-15/h1-8,18H. The van der Waals surface area contributed by atoms with Crippen LogP contribution in [-0.2, 0) is 0 Å². The number of halogens is 1. The van der Waals surface area contributed by atoms with Crippen LogP contribution in [0.2, 0.25) is 0 Å². The van der Waals surface area contributed by atoms with Gasteiger partial charge in [0.15, 0.2) is 5.76 Å². The Bertz CT molecular complexity index is 804. The third-order valence-corrected chi connectivity index (χ3v) is 2.88. The number of benzene rings is 2. The maximum absolute atomic E-state index is 12.9. The third-order valence-electron chi connectivity index (χ3n) is 2.88. The average molecular weight is 256 g/mol. The van der Waals surface area contributed by atoms with Gasteiger partial charge in [-0.3, -0.25) is 4.79 Å². The molecule has 0 atom stereocenters. The van der Waals surface area contributed by atoms with E-state index >= 15 is 0 Å². The van der Waals surface area contributed by atoms with Gasteiger partial charge in [-0.1, -0.05) is 12.1 Å². The van der Waals surface area contributed by atoms with E-state index in [4.69, 9.17) is 4.42 Å². The predicted octanol–water partition coefficient (Wildman–Crippen LogP) is 3.30. The number of hydrogen-bond acceptors (Lipinski definition) is 3. The first-order valence-electron chi connectivity index (χ1n) is 5.67. The monoisotopic (exact) mass is 256 g/mol. The summed E-state index contributed by atoms with van der Waals surface area (Å²) in [6, 6.07) is 12.0. The van der Waals surface area contributed by atoms with E-state index in [-0.39, 0.29) is 5.76 Å². The molecular formula is C15H9FO3. The molecule has 1 aromatic heterocycles. The molecule has 0 fully saturated rings. The molecule has 0 amide bonds. The summed E-state index contributed by atoms with van der Waals surface area (Å²) in [5, 5.41) is 10.2. The molecule has 2 aromatic carbocycles. The summed E-state index contributed by atoms with van der Waals surface area (Å²) in [6.07, 6.45) is 0. The van der Waals surface area contributed by atoms with E-state index in [1.807, 2.05) is 0 Å². The van der Waals surface area contributed by atoms with Crippen molar-refractivity contribution in [3.63, 3.8) is 0 Å². The highest BCUT2D eigenvalue weighted by atomic mass is 19.1. The number of fused-ring (bicyclic) bond motifs is 1. The Morgan fingerprint density at radius 1 is 1.00 bits per heavy atom. The molecule has 0 saturated carbocycles. The van der Waals surface area contributed by atoms with Crippen LogP contribution in [0.5, 0.6) is 5.75 Å². The zero-order valence-corrected chi connectivity index (χ0v) is 9.76. The van der Waals surface area contributed by atoms with Crippen molar-refractivity contribution in [2.75, 3.05) is 0 Å². The molecule has 3 rings (SSSR count). The summed E-state index contributed by atoms with van der Waals surface area (Å²) < 4.78 is 18.4. The lowest BCUT2D eigenvalue weighted by molar-refractivity contribution is 0.449. The second kappa shape index (κ2) is 4.24. The van der Waals surface area contributed by atoms with Crippen LogP contribution in [0.4, 0.5) is 4.39 Å². The molecule has 0 aliphatic heterocycles. The molecule has 1 heterocycles. The number of rotatable bonds is 1. The highest BCUT2D eigenvalue weighted by Crippen LogP contribution is 2.29. The van der Waals surface area contributed by atoms with Gasteiger partial charge in [-0.05, 0) is 36.4 Å². The van der Waals surface area contributed by atoms with Crippen LogP contribution in [0.15, 0.2) is 57.7 Å².